The van der Waals surface area contributed by atoms with Crippen LogP contribution in [0.5, 0.6) is 0 Å². The number of fused-ring (bicyclic) bond motifs is 1. The quantitative estimate of drug-likeness (QED) is 0.826. The zero-order valence-corrected chi connectivity index (χ0v) is 12.7. The Bertz CT molecular complexity index is 597. The predicted molar refractivity (Wildman–Crippen MR) is 85.0 cm³/mol. The van der Waals surface area contributed by atoms with Crippen LogP contribution in [-0.4, -0.2) is 23.0 Å². The predicted octanol–water partition coefficient (Wildman–Crippen LogP) is 4.51. The number of benzene rings is 1. The molecule has 2 aromatic rings. The molecule has 106 valence electrons. The molecule has 0 saturated carbocycles. The van der Waals surface area contributed by atoms with E-state index in [1.165, 1.54) is 37.9 Å². The Morgan fingerprint density at radius 3 is 3.10 bits per heavy atom. The third-order valence-corrected chi connectivity index (χ3v) is 4.70. The number of hydrogen-bond acceptors (Lipinski definition) is 2. The molecule has 2 heterocycles. The molecule has 0 unspecified atom stereocenters. The zero-order chi connectivity index (χ0) is 13.9. The highest BCUT2D eigenvalue weighted by Gasteiger charge is 2.19. The van der Waals surface area contributed by atoms with E-state index in [1.54, 1.807) is 0 Å². The molecule has 0 spiro atoms. The third kappa shape index (κ3) is 2.82. The van der Waals surface area contributed by atoms with Crippen LogP contribution in [-0.2, 0) is 6.54 Å². The highest BCUT2D eigenvalue weighted by molar-refractivity contribution is 6.35. The van der Waals surface area contributed by atoms with E-state index in [4.69, 9.17) is 11.6 Å². The van der Waals surface area contributed by atoms with Crippen LogP contribution in [0.1, 0.15) is 31.7 Å². The lowest BCUT2D eigenvalue weighted by molar-refractivity contribution is 0.165. The Kier molecular flexibility index (Phi) is 4.23. The summed E-state index contributed by atoms with van der Waals surface area (Å²) in [5.41, 5.74) is 2.35. The minimum absolute atomic E-state index is 0.793. The van der Waals surface area contributed by atoms with Crippen molar-refractivity contribution in [2.45, 2.75) is 32.7 Å². The normalized spacial score (nSPS) is 20.4. The van der Waals surface area contributed by atoms with Crippen molar-refractivity contribution in [2.24, 2.45) is 5.92 Å². The molecule has 20 heavy (non-hydrogen) atoms. The number of aromatic nitrogens is 1. The van der Waals surface area contributed by atoms with Crippen LogP contribution in [0.4, 0.5) is 0 Å². The van der Waals surface area contributed by atoms with Crippen LogP contribution in [0.2, 0.25) is 5.02 Å². The molecule has 0 N–H and O–H groups in total. The highest BCUT2D eigenvalue weighted by atomic mass is 35.5. The average molecular weight is 289 g/mol. The van der Waals surface area contributed by atoms with Gasteiger partial charge in [-0.1, -0.05) is 31.0 Å². The van der Waals surface area contributed by atoms with Gasteiger partial charge in [0.2, 0.25) is 0 Å². The minimum atomic E-state index is 0.793. The topological polar surface area (TPSA) is 16.1 Å². The fraction of sp³-hybridized carbons (Fsp3) is 0.471. The summed E-state index contributed by atoms with van der Waals surface area (Å²) in [5.74, 6) is 0.857. The van der Waals surface area contributed by atoms with Crippen molar-refractivity contribution in [3.05, 3.63) is 41.0 Å². The summed E-state index contributed by atoms with van der Waals surface area (Å²) in [6.45, 7) is 5.70. The largest absolute Gasteiger partial charge is 0.299 e. The van der Waals surface area contributed by atoms with Crippen LogP contribution < -0.4 is 0 Å². The van der Waals surface area contributed by atoms with Crippen LogP contribution in [0.15, 0.2) is 30.5 Å². The summed E-state index contributed by atoms with van der Waals surface area (Å²) >= 11 is 6.26. The molecule has 0 amide bonds. The number of rotatable bonds is 3. The van der Waals surface area contributed by atoms with Crippen molar-refractivity contribution >= 4 is 22.5 Å². The van der Waals surface area contributed by atoms with Crippen molar-refractivity contribution in [2.75, 3.05) is 13.1 Å². The Morgan fingerprint density at radius 1 is 1.35 bits per heavy atom. The molecule has 0 bridgehead atoms. The Balaban J connectivity index is 1.86. The van der Waals surface area contributed by atoms with E-state index in [9.17, 15) is 0 Å². The van der Waals surface area contributed by atoms with Gasteiger partial charge in [0.15, 0.2) is 0 Å². The van der Waals surface area contributed by atoms with Crippen LogP contribution in [0, 0.1) is 5.92 Å². The van der Waals surface area contributed by atoms with Gasteiger partial charge < -0.3 is 0 Å². The third-order valence-electron chi connectivity index (χ3n) is 4.37. The molecule has 1 aromatic carbocycles. The van der Waals surface area contributed by atoms with Crippen molar-refractivity contribution in [1.29, 1.82) is 0 Å². The molecular formula is C17H21ClN2. The Morgan fingerprint density at radius 2 is 2.25 bits per heavy atom. The number of likely N-dealkylation sites (tertiary alicyclic amines) is 1. The molecule has 1 fully saturated rings. The second-order valence-electron chi connectivity index (χ2n) is 5.76. The first kappa shape index (κ1) is 13.8. The van der Waals surface area contributed by atoms with Gasteiger partial charge in [0.1, 0.15) is 0 Å². The van der Waals surface area contributed by atoms with Crippen molar-refractivity contribution in [3.8, 4) is 0 Å². The van der Waals surface area contributed by atoms with E-state index in [-0.39, 0.29) is 0 Å². The Hall–Kier alpha value is -1.12. The fourth-order valence-corrected chi connectivity index (χ4v) is 3.41. The van der Waals surface area contributed by atoms with Crippen LogP contribution in [0.3, 0.4) is 0 Å². The van der Waals surface area contributed by atoms with Crippen molar-refractivity contribution < 1.29 is 0 Å². The molecule has 3 rings (SSSR count). The highest BCUT2D eigenvalue weighted by Crippen LogP contribution is 2.27. The van der Waals surface area contributed by atoms with Crippen LogP contribution >= 0.6 is 11.6 Å². The standard InChI is InChI=1S/C17H21ClN2/c1-2-13-5-4-10-20(11-13)12-14-7-8-16(18)15-6-3-9-19-17(14)15/h3,6-9,13H,2,4-5,10-12H2,1H3/t13-/m0/s1. The molecular weight excluding hydrogens is 268 g/mol. The van der Waals surface area contributed by atoms with Gasteiger partial charge in [0.05, 0.1) is 5.52 Å². The molecule has 3 heteroatoms. The van der Waals surface area contributed by atoms with Gasteiger partial charge in [-0.3, -0.25) is 9.88 Å². The first-order valence-corrected chi connectivity index (χ1v) is 7.90. The SMILES string of the molecule is CC[C@H]1CCCN(Cc2ccc(Cl)c3cccnc23)C1. The molecule has 0 aliphatic carbocycles. The van der Waals surface area contributed by atoms with Gasteiger partial charge in [0.25, 0.3) is 0 Å². The lowest BCUT2D eigenvalue weighted by atomic mass is 9.95. The first-order valence-electron chi connectivity index (χ1n) is 7.52. The summed E-state index contributed by atoms with van der Waals surface area (Å²) in [5, 5.41) is 1.86. The second kappa shape index (κ2) is 6.11. The zero-order valence-electron chi connectivity index (χ0n) is 12.0. The lowest BCUT2D eigenvalue weighted by Crippen LogP contribution is -2.34. The summed E-state index contributed by atoms with van der Waals surface area (Å²) < 4.78 is 0. The molecule has 2 nitrogen and oxygen atoms in total. The monoisotopic (exact) mass is 288 g/mol. The fourth-order valence-electron chi connectivity index (χ4n) is 3.19. The molecule has 1 aromatic heterocycles. The van der Waals surface area contributed by atoms with Gasteiger partial charge in [-0.2, -0.15) is 0 Å². The van der Waals surface area contributed by atoms with E-state index in [0.29, 0.717) is 0 Å². The summed E-state index contributed by atoms with van der Waals surface area (Å²) in [7, 11) is 0. The molecule has 0 radical (unpaired) electrons. The second-order valence-corrected chi connectivity index (χ2v) is 6.16. The van der Waals surface area contributed by atoms with E-state index < -0.39 is 0 Å². The number of halogens is 1. The lowest BCUT2D eigenvalue weighted by Gasteiger charge is -2.32. The first-order chi connectivity index (χ1) is 9.78. The van der Waals surface area contributed by atoms with Gasteiger partial charge in [-0.05, 0) is 49.1 Å². The molecule has 1 saturated heterocycles. The van der Waals surface area contributed by atoms with Crippen molar-refractivity contribution in [3.63, 3.8) is 0 Å². The maximum absolute atomic E-state index is 6.26. The summed E-state index contributed by atoms with van der Waals surface area (Å²) in [6.07, 6.45) is 5.84. The number of piperidine rings is 1. The number of nitrogens with zero attached hydrogens (tertiary/aromatic N) is 2. The Labute approximate surface area is 125 Å². The molecule has 1 aliphatic heterocycles. The maximum atomic E-state index is 6.26. The number of hydrogen-bond donors (Lipinski definition) is 0. The van der Waals surface area contributed by atoms with E-state index >= 15 is 0 Å². The van der Waals surface area contributed by atoms with Gasteiger partial charge >= 0.3 is 0 Å². The minimum Gasteiger partial charge on any atom is -0.299 e. The van der Waals surface area contributed by atoms with E-state index in [2.05, 4.69) is 28.9 Å². The van der Waals surface area contributed by atoms with Gasteiger partial charge in [0, 0.05) is 29.7 Å². The van der Waals surface area contributed by atoms with E-state index in [0.717, 1.165) is 28.4 Å². The van der Waals surface area contributed by atoms with E-state index in [1.807, 2.05) is 18.3 Å². The van der Waals surface area contributed by atoms with Gasteiger partial charge in [-0.15, -0.1) is 0 Å². The summed E-state index contributed by atoms with van der Waals surface area (Å²) in [6, 6.07) is 8.14. The smallest absolute Gasteiger partial charge is 0.0761 e. The van der Waals surface area contributed by atoms with Crippen molar-refractivity contribution in [1.82, 2.24) is 9.88 Å². The molecule has 1 aliphatic rings. The number of pyridine rings is 1. The summed E-state index contributed by atoms with van der Waals surface area (Å²) in [4.78, 5) is 7.10. The average Bonchev–Trinajstić information content (AvgIpc) is 2.51. The maximum Gasteiger partial charge on any atom is 0.0761 e. The molecule has 1 atom stereocenters. The van der Waals surface area contributed by atoms with Gasteiger partial charge in [-0.25, -0.2) is 0 Å². The van der Waals surface area contributed by atoms with Crippen LogP contribution in [0.25, 0.3) is 10.9 Å².